The predicted octanol–water partition coefficient (Wildman–Crippen LogP) is 4.51. The molecule has 2 heteroatoms. The molecular weight excluding hydrogens is 256 g/mol. The van der Waals surface area contributed by atoms with Gasteiger partial charge in [-0.3, -0.25) is 0 Å². The first-order valence-electron chi connectivity index (χ1n) is 8.68. The molecule has 1 atom stereocenters. The molecule has 1 aromatic carbocycles. The van der Waals surface area contributed by atoms with Crippen LogP contribution in [0.4, 0.5) is 5.69 Å². The van der Waals surface area contributed by atoms with Gasteiger partial charge in [0, 0.05) is 24.8 Å². The lowest BCUT2D eigenvalue weighted by Crippen LogP contribution is -2.39. The van der Waals surface area contributed by atoms with Gasteiger partial charge < -0.3 is 10.2 Å². The Labute approximate surface area is 130 Å². The third-order valence-corrected chi connectivity index (χ3v) is 4.55. The molecule has 0 spiro atoms. The first kappa shape index (κ1) is 16.4. The fourth-order valence-corrected chi connectivity index (χ4v) is 3.40. The summed E-state index contributed by atoms with van der Waals surface area (Å²) in [6.45, 7) is 12.4. The first-order chi connectivity index (χ1) is 10.1. The van der Waals surface area contributed by atoms with Gasteiger partial charge in [0.25, 0.3) is 0 Å². The van der Waals surface area contributed by atoms with Crippen molar-refractivity contribution in [2.75, 3.05) is 18.0 Å². The smallest absolute Gasteiger partial charge is 0.0398 e. The standard InChI is InChI=1S/C19H32N2/c1-5-18-8-6-7-11-21(18)19-10-9-17(12-16(19)4)14-20-13-15(2)3/h9-10,12,15,18,20H,5-8,11,13-14H2,1-4H3. The van der Waals surface area contributed by atoms with Crippen LogP contribution in [0.25, 0.3) is 0 Å². The van der Waals surface area contributed by atoms with Crippen LogP contribution in [0.15, 0.2) is 18.2 Å². The van der Waals surface area contributed by atoms with Crippen LogP contribution in [0.1, 0.15) is 57.6 Å². The highest BCUT2D eigenvalue weighted by Crippen LogP contribution is 2.29. The van der Waals surface area contributed by atoms with Crippen molar-refractivity contribution in [3.05, 3.63) is 29.3 Å². The van der Waals surface area contributed by atoms with Gasteiger partial charge in [0.1, 0.15) is 0 Å². The maximum Gasteiger partial charge on any atom is 0.0398 e. The second-order valence-corrected chi connectivity index (χ2v) is 6.90. The van der Waals surface area contributed by atoms with Crippen LogP contribution in [0.3, 0.4) is 0 Å². The van der Waals surface area contributed by atoms with E-state index in [2.05, 4.69) is 56.1 Å². The van der Waals surface area contributed by atoms with Crippen LogP contribution in [-0.4, -0.2) is 19.1 Å². The lowest BCUT2D eigenvalue weighted by Gasteiger charge is -2.38. The van der Waals surface area contributed by atoms with Crippen molar-refractivity contribution in [2.24, 2.45) is 5.92 Å². The molecule has 118 valence electrons. The molecule has 1 N–H and O–H groups in total. The van der Waals surface area contributed by atoms with E-state index in [9.17, 15) is 0 Å². The Balaban J connectivity index is 2.04. The van der Waals surface area contributed by atoms with Crippen molar-refractivity contribution < 1.29 is 0 Å². The summed E-state index contributed by atoms with van der Waals surface area (Å²) in [5.74, 6) is 0.712. The number of aryl methyl sites for hydroxylation is 1. The normalized spacial score (nSPS) is 19.3. The van der Waals surface area contributed by atoms with Crippen molar-refractivity contribution in [3.8, 4) is 0 Å². The van der Waals surface area contributed by atoms with Crippen molar-refractivity contribution in [1.82, 2.24) is 5.32 Å². The summed E-state index contributed by atoms with van der Waals surface area (Å²) < 4.78 is 0. The van der Waals surface area contributed by atoms with Gasteiger partial charge in [0.05, 0.1) is 0 Å². The Bertz CT molecular complexity index is 439. The maximum atomic E-state index is 3.53. The molecule has 2 nitrogen and oxygen atoms in total. The zero-order chi connectivity index (χ0) is 15.2. The monoisotopic (exact) mass is 288 g/mol. The molecule has 1 saturated heterocycles. The van der Waals surface area contributed by atoms with Gasteiger partial charge in [-0.2, -0.15) is 0 Å². The summed E-state index contributed by atoms with van der Waals surface area (Å²) in [5, 5.41) is 3.53. The number of rotatable bonds is 6. The van der Waals surface area contributed by atoms with E-state index in [-0.39, 0.29) is 0 Å². The van der Waals surface area contributed by atoms with Gasteiger partial charge in [-0.05, 0) is 62.3 Å². The summed E-state index contributed by atoms with van der Waals surface area (Å²) in [7, 11) is 0. The molecular formula is C19H32N2. The third-order valence-electron chi connectivity index (χ3n) is 4.55. The molecule has 0 aliphatic carbocycles. The van der Waals surface area contributed by atoms with Gasteiger partial charge in [-0.15, -0.1) is 0 Å². The fraction of sp³-hybridized carbons (Fsp3) is 0.684. The molecule has 1 fully saturated rings. The Morgan fingerprint density at radius 3 is 2.76 bits per heavy atom. The van der Waals surface area contributed by atoms with Crippen molar-refractivity contribution >= 4 is 5.69 Å². The maximum absolute atomic E-state index is 3.53. The molecule has 0 bridgehead atoms. The molecule has 1 aliphatic rings. The fourth-order valence-electron chi connectivity index (χ4n) is 3.40. The molecule has 0 radical (unpaired) electrons. The van der Waals surface area contributed by atoms with Crippen LogP contribution in [-0.2, 0) is 6.54 Å². The molecule has 1 aromatic rings. The van der Waals surface area contributed by atoms with Gasteiger partial charge in [-0.25, -0.2) is 0 Å². The summed E-state index contributed by atoms with van der Waals surface area (Å²) in [6, 6.07) is 7.75. The van der Waals surface area contributed by atoms with Crippen molar-refractivity contribution in [3.63, 3.8) is 0 Å². The number of piperidine rings is 1. The molecule has 1 aliphatic heterocycles. The van der Waals surface area contributed by atoms with Crippen LogP contribution < -0.4 is 10.2 Å². The minimum absolute atomic E-state index is 0.712. The number of hydrogen-bond acceptors (Lipinski definition) is 2. The zero-order valence-corrected chi connectivity index (χ0v) is 14.3. The first-order valence-corrected chi connectivity index (χ1v) is 8.68. The predicted molar refractivity (Wildman–Crippen MR) is 93.0 cm³/mol. The lowest BCUT2D eigenvalue weighted by atomic mass is 9.97. The molecule has 1 heterocycles. The van der Waals surface area contributed by atoms with Gasteiger partial charge in [0.15, 0.2) is 0 Å². The molecule has 0 saturated carbocycles. The van der Waals surface area contributed by atoms with E-state index >= 15 is 0 Å². The van der Waals surface area contributed by atoms with E-state index in [0.29, 0.717) is 5.92 Å². The topological polar surface area (TPSA) is 15.3 Å². The second kappa shape index (κ2) is 7.84. The van der Waals surface area contributed by atoms with E-state index in [0.717, 1.165) is 19.1 Å². The molecule has 1 unspecified atom stereocenters. The summed E-state index contributed by atoms with van der Waals surface area (Å²) in [6.07, 6.45) is 5.35. The highest BCUT2D eigenvalue weighted by molar-refractivity contribution is 5.55. The molecule has 2 rings (SSSR count). The Hall–Kier alpha value is -1.02. The molecule has 21 heavy (non-hydrogen) atoms. The minimum atomic E-state index is 0.712. The number of benzene rings is 1. The highest BCUT2D eigenvalue weighted by Gasteiger charge is 2.22. The Morgan fingerprint density at radius 2 is 2.10 bits per heavy atom. The van der Waals surface area contributed by atoms with Gasteiger partial charge in [0.2, 0.25) is 0 Å². The van der Waals surface area contributed by atoms with Crippen LogP contribution in [0, 0.1) is 12.8 Å². The molecule has 0 amide bonds. The average molecular weight is 288 g/mol. The van der Waals surface area contributed by atoms with Crippen molar-refractivity contribution in [1.29, 1.82) is 0 Å². The Kier molecular flexibility index (Phi) is 6.10. The quantitative estimate of drug-likeness (QED) is 0.828. The van der Waals surface area contributed by atoms with Gasteiger partial charge in [-0.1, -0.05) is 32.9 Å². The van der Waals surface area contributed by atoms with Gasteiger partial charge >= 0.3 is 0 Å². The van der Waals surface area contributed by atoms with E-state index in [1.54, 1.807) is 0 Å². The van der Waals surface area contributed by atoms with E-state index in [1.165, 1.54) is 49.0 Å². The Morgan fingerprint density at radius 1 is 1.29 bits per heavy atom. The minimum Gasteiger partial charge on any atom is -0.368 e. The SMILES string of the molecule is CCC1CCCCN1c1ccc(CNCC(C)C)cc1C. The van der Waals surface area contributed by atoms with Crippen LogP contribution >= 0.6 is 0 Å². The van der Waals surface area contributed by atoms with Crippen LogP contribution in [0.5, 0.6) is 0 Å². The summed E-state index contributed by atoms with van der Waals surface area (Å²) >= 11 is 0. The number of hydrogen-bond donors (Lipinski definition) is 1. The van der Waals surface area contributed by atoms with E-state index in [1.807, 2.05) is 0 Å². The number of anilines is 1. The third kappa shape index (κ3) is 4.47. The lowest BCUT2D eigenvalue weighted by molar-refractivity contribution is 0.449. The summed E-state index contributed by atoms with van der Waals surface area (Å²) in [5.41, 5.74) is 4.29. The average Bonchev–Trinajstić information content (AvgIpc) is 2.47. The highest BCUT2D eigenvalue weighted by atomic mass is 15.2. The second-order valence-electron chi connectivity index (χ2n) is 6.90. The van der Waals surface area contributed by atoms with E-state index in [4.69, 9.17) is 0 Å². The zero-order valence-electron chi connectivity index (χ0n) is 14.3. The van der Waals surface area contributed by atoms with Crippen molar-refractivity contribution in [2.45, 2.75) is 66.0 Å². The molecule has 0 aromatic heterocycles. The summed E-state index contributed by atoms with van der Waals surface area (Å²) in [4.78, 5) is 2.64. The van der Waals surface area contributed by atoms with E-state index < -0.39 is 0 Å². The number of nitrogens with one attached hydrogen (secondary N) is 1. The van der Waals surface area contributed by atoms with Crippen LogP contribution in [0.2, 0.25) is 0 Å². The largest absolute Gasteiger partial charge is 0.368 e. The number of nitrogens with zero attached hydrogens (tertiary/aromatic N) is 1.